The highest BCUT2D eigenvalue weighted by molar-refractivity contribution is 7.71. The first-order valence-electron chi connectivity index (χ1n) is 21.4. The molecule has 10 rings (SSSR count). The smallest absolute Gasteiger partial charge is 0.262 e. The van der Waals surface area contributed by atoms with Crippen molar-refractivity contribution in [1.82, 2.24) is 44.8 Å². The minimum absolute atomic E-state index is 0.0707. The van der Waals surface area contributed by atoms with Gasteiger partial charge in [-0.05, 0) is 56.1 Å². The third kappa shape index (κ3) is 7.86. The van der Waals surface area contributed by atoms with Gasteiger partial charge >= 0.3 is 0 Å². The SMILES string of the molecule is COc1cc(N2CCN(C3CN(c4ccc5c(c4)C(=O)N(C4CCC(=O)NC4=O)C5=O)C3)CC2)c(-c2cnn(C)c2)cc1Nc1ncc(Cl)c(Nc2ccc3nccnc3c2P(C)(C)=O)n1. The van der Waals surface area contributed by atoms with Crippen LogP contribution in [0, 0.1) is 0 Å². The normalized spacial score (nSPS) is 18.1. The molecule has 3 aromatic heterocycles. The van der Waals surface area contributed by atoms with E-state index in [4.69, 9.17) is 21.3 Å². The maximum atomic E-state index is 13.6. The third-order valence-corrected chi connectivity index (χ3v) is 14.4. The van der Waals surface area contributed by atoms with Gasteiger partial charge in [-0.15, -0.1) is 0 Å². The lowest BCUT2D eigenvalue weighted by Gasteiger charge is -2.49. The summed E-state index contributed by atoms with van der Waals surface area (Å²) in [6.45, 7) is 8.03. The molecule has 4 aliphatic heterocycles. The molecule has 1 unspecified atom stereocenters. The number of piperazine rings is 1. The van der Waals surface area contributed by atoms with E-state index in [1.807, 2.05) is 37.6 Å². The Bertz CT molecular complexity index is 3040. The first-order valence-corrected chi connectivity index (χ1v) is 24.4. The Kier molecular flexibility index (Phi) is 10.9. The molecule has 19 nitrogen and oxygen atoms in total. The van der Waals surface area contributed by atoms with Crippen LogP contribution >= 0.6 is 18.7 Å². The molecule has 21 heteroatoms. The number of aryl methyl sites for hydroxylation is 1. The van der Waals surface area contributed by atoms with E-state index in [0.29, 0.717) is 45.3 Å². The van der Waals surface area contributed by atoms with E-state index >= 15 is 0 Å². The monoisotopic (exact) mass is 929 g/mol. The van der Waals surface area contributed by atoms with Crippen molar-refractivity contribution < 1.29 is 28.5 Å². The Hall–Kier alpha value is -6.95. The van der Waals surface area contributed by atoms with Gasteiger partial charge in [-0.1, -0.05) is 11.6 Å². The number of methoxy groups -OCH3 is 1. The summed E-state index contributed by atoms with van der Waals surface area (Å²) < 4.78 is 21.3. The van der Waals surface area contributed by atoms with Crippen molar-refractivity contribution in [3.8, 4) is 16.9 Å². The van der Waals surface area contributed by atoms with Gasteiger partial charge in [-0.3, -0.25) is 48.9 Å². The van der Waals surface area contributed by atoms with Gasteiger partial charge in [0.15, 0.2) is 5.82 Å². The highest BCUT2D eigenvalue weighted by atomic mass is 35.5. The maximum absolute atomic E-state index is 13.6. The lowest BCUT2D eigenvalue weighted by molar-refractivity contribution is -0.136. The molecule has 3 saturated heterocycles. The van der Waals surface area contributed by atoms with E-state index in [0.717, 1.165) is 66.7 Å². The van der Waals surface area contributed by atoms with Gasteiger partial charge in [-0.2, -0.15) is 10.1 Å². The van der Waals surface area contributed by atoms with Gasteiger partial charge in [0.1, 0.15) is 29.5 Å². The van der Waals surface area contributed by atoms with Gasteiger partial charge in [0, 0.05) is 106 Å². The number of ether oxygens (including phenoxy) is 1. The fourth-order valence-electron chi connectivity index (χ4n) is 9.20. The first kappa shape index (κ1) is 43.0. The summed E-state index contributed by atoms with van der Waals surface area (Å²) in [7, 11) is 0.645. The van der Waals surface area contributed by atoms with E-state index in [-0.39, 0.29) is 34.9 Å². The number of carbonyl (C=O) groups is 4. The summed E-state index contributed by atoms with van der Waals surface area (Å²) in [6.07, 6.45) is 8.65. The zero-order valence-corrected chi connectivity index (χ0v) is 38.1. The van der Waals surface area contributed by atoms with E-state index in [9.17, 15) is 23.7 Å². The van der Waals surface area contributed by atoms with Crippen LogP contribution in [0.3, 0.4) is 0 Å². The van der Waals surface area contributed by atoms with Crippen molar-refractivity contribution in [2.24, 2.45) is 7.05 Å². The second-order valence-electron chi connectivity index (χ2n) is 17.1. The molecule has 66 heavy (non-hydrogen) atoms. The van der Waals surface area contributed by atoms with Gasteiger partial charge in [0.2, 0.25) is 17.8 Å². The quantitative estimate of drug-likeness (QED) is 0.119. The van der Waals surface area contributed by atoms with Crippen LogP contribution in [0.1, 0.15) is 33.6 Å². The van der Waals surface area contributed by atoms with Gasteiger partial charge < -0.3 is 29.7 Å². The van der Waals surface area contributed by atoms with E-state index in [2.05, 4.69) is 50.7 Å². The molecule has 1 atom stereocenters. The average Bonchev–Trinajstić information content (AvgIpc) is 3.82. The number of hydrogen-bond acceptors (Lipinski definition) is 16. The Balaban J connectivity index is 0.837. The molecule has 0 radical (unpaired) electrons. The van der Waals surface area contributed by atoms with Crippen LogP contribution in [0.4, 0.5) is 34.5 Å². The summed E-state index contributed by atoms with van der Waals surface area (Å²) in [5.74, 6) is -0.931. The number of aromatic nitrogens is 6. The lowest BCUT2D eigenvalue weighted by Crippen LogP contribution is -2.63. The second kappa shape index (κ2) is 16.8. The Morgan fingerprint density at radius 3 is 2.35 bits per heavy atom. The number of piperidine rings is 1. The molecule has 0 spiro atoms. The molecule has 6 aromatic rings. The molecule has 4 aliphatic rings. The fourth-order valence-corrected chi connectivity index (χ4v) is 10.7. The molecule has 7 heterocycles. The van der Waals surface area contributed by atoms with Crippen molar-refractivity contribution >= 4 is 93.2 Å². The van der Waals surface area contributed by atoms with Crippen molar-refractivity contribution in [3.05, 3.63) is 89.6 Å². The number of benzene rings is 3. The number of halogens is 1. The number of hydrogen-bond donors (Lipinski definition) is 3. The zero-order valence-electron chi connectivity index (χ0n) is 36.5. The molecule has 0 aliphatic carbocycles. The van der Waals surface area contributed by atoms with Crippen LogP contribution in [-0.4, -0.2) is 135 Å². The van der Waals surface area contributed by atoms with Gasteiger partial charge in [0.05, 0.1) is 52.8 Å². The Morgan fingerprint density at radius 1 is 0.848 bits per heavy atom. The number of fused-ring (bicyclic) bond motifs is 2. The summed E-state index contributed by atoms with van der Waals surface area (Å²) in [5.41, 5.74) is 6.56. The van der Waals surface area contributed by atoms with E-state index < -0.39 is 36.8 Å². The van der Waals surface area contributed by atoms with E-state index in [1.54, 1.807) is 61.8 Å². The molecular weight excluding hydrogens is 885 g/mol. The third-order valence-electron chi connectivity index (χ3n) is 12.6. The predicted molar refractivity (Wildman–Crippen MR) is 250 cm³/mol. The van der Waals surface area contributed by atoms with Crippen LogP contribution in [0.25, 0.3) is 22.2 Å². The lowest BCUT2D eigenvalue weighted by atomic mass is 10.0. The standard InChI is InChI=1S/C45H45ClN13O6P/c1-55-22-25(20-50-55)29-18-34(52-45-49-21-31(46)41(54-45)51-33-8-7-32-39(48-12-11-47-32)40(33)66(3,4)64)37(65-2)19-36(29)57-15-13-56(14-16-57)27-23-58(24-27)26-5-6-28-30(17-26)44(63)59(43(28)62)35-9-10-38(60)53-42(35)61/h5-8,11-12,17-22,27,35H,9-10,13-16,23-24H2,1-4H3,(H,53,60,61)(H2,49,51,52,54). The molecular formula is C45H45ClN13O6P. The molecule has 3 fully saturated rings. The topological polar surface area (TPSA) is 213 Å². The van der Waals surface area contributed by atoms with Crippen molar-refractivity contribution in [2.75, 3.05) is 80.1 Å². The summed E-state index contributed by atoms with van der Waals surface area (Å²) in [6, 6.07) is 12.2. The van der Waals surface area contributed by atoms with Crippen molar-refractivity contribution in [3.63, 3.8) is 0 Å². The molecule has 3 N–H and O–H groups in total. The maximum Gasteiger partial charge on any atom is 0.262 e. The van der Waals surface area contributed by atoms with Crippen LogP contribution in [-0.2, 0) is 21.2 Å². The highest BCUT2D eigenvalue weighted by Gasteiger charge is 2.45. The minimum atomic E-state index is -2.85. The number of anilines is 6. The van der Waals surface area contributed by atoms with Crippen molar-refractivity contribution in [1.29, 1.82) is 0 Å². The summed E-state index contributed by atoms with van der Waals surface area (Å²) in [5, 5.41) is 14.2. The largest absolute Gasteiger partial charge is 0.494 e. The summed E-state index contributed by atoms with van der Waals surface area (Å²) in [4.78, 5) is 77.0. The number of rotatable bonds is 11. The van der Waals surface area contributed by atoms with Gasteiger partial charge in [-0.25, -0.2) is 4.98 Å². The first-order chi connectivity index (χ1) is 31.7. The second-order valence-corrected chi connectivity index (χ2v) is 20.7. The zero-order chi connectivity index (χ0) is 46.0. The van der Waals surface area contributed by atoms with Crippen LogP contribution in [0.2, 0.25) is 5.02 Å². The number of carbonyl (C=O) groups excluding carboxylic acids is 4. The number of nitrogens with one attached hydrogen (secondary N) is 3. The van der Waals surface area contributed by atoms with E-state index in [1.165, 1.54) is 6.20 Å². The molecule has 0 bridgehead atoms. The highest BCUT2D eigenvalue weighted by Crippen LogP contribution is 2.43. The molecule has 3 aromatic carbocycles. The molecule has 4 amide bonds. The van der Waals surface area contributed by atoms with Gasteiger partial charge in [0.25, 0.3) is 11.8 Å². The Morgan fingerprint density at radius 2 is 1.62 bits per heavy atom. The fraction of sp³-hybridized carbons (Fsp3) is 0.311. The predicted octanol–water partition coefficient (Wildman–Crippen LogP) is 4.63. The number of amides is 4. The van der Waals surface area contributed by atoms with Crippen LogP contribution in [0.15, 0.2) is 73.4 Å². The minimum Gasteiger partial charge on any atom is -0.494 e. The Labute approximate surface area is 383 Å². The number of imide groups is 2. The van der Waals surface area contributed by atoms with Crippen molar-refractivity contribution in [2.45, 2.75) is 24.9 Å². The van der Waals surface area contributed by atoms with Crippen LogP contribution < -0.4 is 35.8 Å². The molecule has 0 saturated carbocycles. The molecule has 338 valence electrons. The summed E-state index contributed by atoms with van der Waals surface area (Å²) >= 11 is 6.65. The average molecular weight is 930 g/mol. The number of nitrogens with zero attached hydrogens (tertiary/aromatic N) is 10. The van der Waals surface area contributed by atoms with Crippen LogP contribution in [0.5, 0.6) is 5.75 Å².